The summed E-state index contributed by atoms with van der Waals surface area (Å²) in [4.78, 5) is 12.1. The van der Waals surface area contributed by atoms with Gasteiger partial charge in [0.05, 0.1) is 11.3 Å². The summed E-state index contributed by atoms with van der Waals surface area (Å²) < 4.78 is 13.7. The molecule has 0 spiro atoms. The van der Waals surface area contributed by atoms with Gasteiger partial charge in [-0.15, -0.1) is 0 Å². The molecular weight excluding hydrogens is 399 g/mol. The number of hydrogen-bond acceptors (Lipinski definition) is 3. The number of hydrogen-bond donors (Lipinski definition) is 4. The number of carbonyl (C=O) groups is 1. The lowest BCUT2D eigenvalue weighted by atomic mass is 10.2. The van der Waals surface area contributed by atoms with Gasteiger partial charge in [0.25, 0.3) is 5.91 Å². The highest BCUT2D eigenvalue weighted by atomic mass is 35.5. The van der Waals surface area contributed by atoms with E-state index in [0.717, 1.165) is 5.69 Å². The fraction of sp³-hybridized carbons (Fsp3) is 0. The number of hydrazine groups is 1. The summed E-state index contributed by atoms with van der Waals surface area (Å²) in [6, 6.07) is 19.9. The van der Waals surface area contributed by atoms with Gasteiger partial charge in [0, 0.05) is 16.4 Å². The van der Waals surface area contributed by atoms with Gasteiger partial charge in [0.1, 0.15) is 5.82 Å². The lowest BCUT2D eigenvalue weighted by Gasteiger charge is -2.13. The molecule has 8 heteroatoms. The van der Waals surface area contributed by atoms with Gasteiger partial charge in [-0.25, -0.2) is 4.39 Å². The van der Waals surface area contributed by atoms with Gasteiger partial charge < -0.3 is 10.6 Å². The Morgan fingerprint density at radius 3 is 2.21 bits per heavy atom. The molecule has 0 saturated carbocycles. The van der Waals surface area contributed by atoms with Crippen LogP contribution in [0.1, 0.15) is 10.4 Å². The first-order valence-corrected chi connectivity index (χ1v) is 9.04. The topological polar surface area (TPSA) is 65.2 Å². The molecule has 28 heavy (non-hydrogen) atoms. The molecule has 0 aliphatic rings. The number of amides is 1. The molecule has 3 aromatic carbocycles. The Hall–Kier alpha value is -3.16. The predicted octanol–water partition coefficient (Wildman–Crippen LogP) is 5.04. The smallest absolute Gasteiger partial charge is 0.258 e. The Balaban J connectivity index is 1.53. The van der Waals surface area contributed by atoms with E-state index >= 15 is 0 Å². The zero-order valence-corrected chi connectivity index (χ0v) is 16.1. The van der Waals surface area contributed by atoms with E-state index in [2.05, 4.69) is 21.5 Å². The maximum atomic E-state index is 13.7. The van der Waals surface area contributed by atoms with Crippen LogP contribution in [0.15, 0.2) is 72.8 Å². The van der Waals surface area contributed by atoms with Crippen molar-refractivity contribution >= 4 is 51.9 Å². The van der Waals surface area contributed by atoms with Crippen LogP contribution in [-0.4, -0.2) is 11.0 Å². The minimum atomic E-state index is -0.568. The summed E-state index contributed by atoms with van der Waals surface area (Å²) >= 11 is 11.1. The molecule has 0 aliphatic heterocycles. The van der Waals surface area contributed by atoms with Crippen LogP contribution in [0, 0.1) is 5.82 Å². The van der Waals surface area contributed by atoms with E-state index in [1.165, 1.54) is 18.2 Å². The number of nitrogens with one attached hydrogen (secondary N) is 4. The number of thiocarbonyl (C=S) groups is 1. The monoisotopic (exact) mass is 414 g/mol. The fourth-order valence-corrected chi connectivity index (χ4v) is 2.70. The maximum absolute atomic E-state index is 13.7. The first-order chi connectivity index (χ1) is 13.5. The second-order valence-electron chi connectivity index (χ2n) is 5.73. The molecule has 142 valence electrons. The molecule has 0 fully saturated rings. The average molecular weight is 415 g/mol. The van der Waals surface area contributed by atoms with E-state index in [-0.39, 0.29) is 5.56 Å². The van der Waals surface area contributed by atoms with Gasteiger partial charge in [-0.2, -0.15) is 0 Å². The van der Waals surface area contributed by atoms with Gasteiger partial charge in [-0.1, -0.05) is 29.8 Å². The number of rotatable bonds is 5. The highest BCUT2D eigenvalue weighted by Gasteiger charge is 2.10. The van der Waals surface area contributed by atoms with Gasteiger partial charge in [0.15, 0.2) is 5.11 Å². The largest absolute Gasteiger partial charge is 0.331 e. The summed E-state index contributed by atoms with van der Waals surface area (Å²) in [5.74, 6) is -1.08. The molecular formula is C20H16ClFN4OS. The van der Waals surface area contributed by atoms with Gasteiger partial charge in [-0.05, 0) is 66.8 Å². The molecule has 3 aromatic rings. The first-order valence-electron chi connectivity index (χ1n) is 8.26. The number of carbonyl (C=O) groups excluding carboxylic acids is 1. The normalized spacial score (nSPS) is 10.1. The fourth-order valence-electron chi connectivity index (χ4n) is 2.34. The van der Waals surface area contributed by atoms with Crippen molar-refractivity contribution in [1.82, 2.24) is 5.43 Å². The summed E-state index contributed by atoms with van der Waals surface area (Å²) in [6.07, 6.45) is 0. The highest BCUT2D eigenvalue weighted by molar-refractivity contribution is 7.80. The van der Waals surface area contributed by atoms with Gasteiger partial charge in [0.2, 0.25) is 0 Å². The molecule has 0 atom stereocenters. The van der Waals surface area contributed by atoms with Crippen LogP contribution in [0.5, 0.6) is 0 Å². The maximum Gasteiger partial charge on any atom is 0.258 e. The van der Waals surface area contributed by atoms with Crippen LogP contribution >= 0.6 is 23.8 Å². The van der Waals surface area contributed by atoms with E-state index < -0.39 is 11.7 Å². The SMILES string of the molecule is O=C(Nc1ccc(NC(=S)NNc2cccc(Cl)c2)cc1)c1ccccc1F. The molecule has 4 N–H and O–H groups in total. The third-order valence-electron chi connectivity index (χ3n) is 3.66. The van der Waals surface area contributed by atoms with Crippen LogP contribution in [0.2, 0.25) is 5.02 Å². The van der Waals surface area contributed by atoms with E-state index in [4.69, 9.17) is 23.8 Å². The number of halogens is 2. The second kappa shape index (κ2) is 9.16. The quantitative estimate of drug-likeness (QED) is 0.348. The summed E-state index contributed by atoms with van der Waals surface area (Å²) in [6.45, 7) is 0. The molecule has 3 rings (SSSR count). The number of anilines is 3. The van der Waals surface area contributed by atoms with Crippen LogP contribution in [0.25, 0.3) is 0 Å². The molecule has 0 radical (unpaired) electrons. The Morgan fingerprint density at radius 2 is 1.54 bits per heavy atom. The lowest BCUT2D eigenvalue weighted by Crippen LogP contribution is -2.33. The third-order valence-corrected chi connectivity index (χ3v) is 4.10. The van der Waals surface area contributed by atoms with Crippen molar-refractivity contribution in [3.63, 3.8) is 0 Å². The molecule has 0 aliphatic carbocycles. The highest BCUT2D eigenvalue weighted by Crippen LogP contribution is 2.16. The average Bonchev–Trinajstić information content (AvgIpc) is 2.68. The molecule has 0 aromatic heterocycles. The standard InChI is InChI=1S/C20H16ClFN4OS/c21-13-4-3-5-16(12-13)25-26-20(28)24-15-10-8-14(9-11-15)23-19(27)17-6-1-2-7-18(17)22/h1-12,25H,(H,23,27)(H2,24,26,28). The van der Waals surface area contributed by atoms with E-state index in [1.807, 2.05) is 12.1 Å². The Bertz CT molecular complexity index is 998. The van der Waals surface area contributed by atoms with E-state index in [9.17, 15) is 9.18 Å². The zero-order chi connectivity index (χ0) is 19.9. The molecule has 0 unspecified atom stereocenters. The van der Waals surface area contributed by atoms with Crippen LogP contribution < -0.4 is 21.5 Å². The summed E-state index contributed by atoms with van der Waals surface area (Å²) in [7, 11) is 0. The minimum Gasteiger partial charge on any atom is -0.331 e. The zero-order valence-electron chi connectivity index (χ0n) is 14.5. The van der Waals surface area contributed by atoms with Crippen LogP contribution in [0.3, 0.4) is 0 Å². The molecule has 0 bridgehead atoms. The predicted molar refractivity (Wildman–Crippen MR) is 115 cm³/mol. The second-order valence-corrected chi connectivity index (χ2v) is 6.57. The van der Waals surface area contributed by atoms with Gasteiger partial charge >= 0.3 is 0 Å². The van der Waals surface area contributed by atoms with E-state index in [1.54, 1.807) is 42.5 Å². The Labute approximate surface area is 171 Å². The van der Waals surface area contributed by atoms with Gasteiger partial charge in [-0.3, -0.25) is 15.6 Å². The Kier molecular flexibility index (Phi) is 6.41. The van der Waals surface area contributed by atoms with E-state index in [0.29, 0.717) is 21.5 Å². The third kappa shape index (κ3) is 5.42. The molecule has 5 nitrogen and oxygen atoms in total. The lowest BCUT2D eigenvalue weighted by molar-refractivity contribution is 0.102. The molecule has 0 heterocycles. The summed E-state index contributed by atoms with van der Waals surface area (Å²) in [5, 5.41) is 6.61. The van der Waals surface area contributed by atoms with Crippen molar-refractivity contribution in [2.75, 3.05) is 16.1 Å². The van der Waals surface area contributed by atoms with Crippen molar-refractivity contribution < 1.29 is 9.18 Å². The van der Waals surface area contributed by atoms with Crippen LogP contribution in [-0.2, 0) is 0 Å². The molecule has 0 saturated heterocycles. The van der Waals surface area contributed by atoms with Crippen LogP contribution in [0.4, 0.5) is 21.5 Å². The Morgan fingerprint density at radius 1 is 0.857 bits per heavy atom. The van der Waals surface area contributed by atoms with Crippen molar-refractivity contribution in [2.24, 2.45) is 0 Å². The van der Waals surface area contributed by atoms with Crippen molar-refractivity contribution in [1.29, 1.82) is 0 Å². The minimum absolute atomic E-state index is 0.0119. The van der Waals surface area contributed by atoms with Crippen molar-refractivity contribution in [3.05, 3.63) is 89.2 Å². The molecule has 1 amide bonds. The number of benzene rings is 3. The van der Waals surface area contributed by atoms with Crippen molar-refractivity contribution in [3.8, 4) is 0 Å². The first kappa shape index (κ1) is 19.6. The van der Waals surface area contributed by atoms with Crippen molar-refractivity contribution in [2.45, 2.75) is 0 Å². The summed E-state index contributed by atoms with van der Waals surface area (Å²) in [5.41, 5.74) is 7.79.